The summed E-state index contributed by atoms with van der Waals surface area (Å²) in [4.78, 5) is 16.2. The fourth-order valence-electron chi connectivity index (χ4n) is 4.69. The zero-order chi connectivity index (χ0) is 22.4. The lowest BCUT2D eigenvalue weighted by Gasteiger charge is -2.33. The molecule has 2 aliphatic heterocycles. The molecule has 8 nitrogen and oxygen atoms in total. The number of rotatable bonds is 3. The molecule has 1 aromatic carbocycles. The van der Waals surface area contributed by atoms with Gasteiger partial charge in [0.15, 0.2) is 10.00 Å². The first-order valence-electron chi connectivity index (χ1n) is 10.7. The number of fused-ring (bicyclic) bond motifs is 2. The molecule has 10 heteroatoms. The number of hydrogen-bond acceptors (Lipinski definition) is 4. The van der Waals surface area contributed by atoms with Crippen LogP contribution in [0.25, 0.3) is 11.1 Å². The van der Waals surface area contributed by atoms with Crippen molar-refractivity contribution >= 4 is 40.1 Å². The molecule has 0 fully saturated rings. The van der Waals surface area contributed by atoms with E-state index in [1.807, 2.05) is 41.9 Å². The Labute approximate surface area is 199 Å². The van der Waals surface area contributed by atoms with Gasteiger partial charge in [-0.3, -0.25) is 9.78 Å². The minimum absolute atomic E-state index is 0.0876. The standard InChI is InChI=1S/C22H25FIN7O/c1-25-22(32)30-7-5-18-17(12-30)21(28-27-18)31-6-3-4-13-8-15(14-10-26-29(2)11-14)16(20(23)24)9-19(13)31/h8-11,20H,3-7,12H2,1-2H3,(H,25,32)(H,27,28). The molecule has 4 heterocycles. The Hall–Kier alpha value is -2.63. The van der Waals surface area contributed by atoms with Crippen LogP contribution in [0.5, 0.6) is 0 Å². The summed E-state index contributed by atoms with van der Waals surface area (Å²) in [6, 6.07) is 3.99. The van der Waals surface area contributed by atoms with Gasteiger partial charge in [-0.05, 0) is 58.7 Å². The van der Waals surface area contributed by atoms with E-state index >= 15 is 0 Å². The minimum atomic E-state index is -1.14. The molecule has 168 valence electrons. The SMILES string of the molecule is CNC(=O)N1CCc2[nH]nc(N3CCCc4cc(-c5cnn(C)c5)c(C(F)I)cc43)c2C1. The van der Waals surface area contributed by atoms with Gasteiger partial charge < -0.3 is 15.1 Å². The number of aryl methyl sites for hydroxylation is 2. The normalized spacial score (nSPS) is 16.5. The number of nitrogens with zero attached hydrogens (tertiary/aromatic N) is 5. The average Bonchev–Trinajstić information content (AvgIpc) is 3.42. The number of aromatic amines is 1. The van der Waals surface area contributed by atoms with E-state index < -0.39 is 4.18 Å². The fourth-order valence-corrected chi connectivity index (χ4v) is 5.21. The molecule has 5 rings (SSSR count). The highest BCUT2D eigenvalue weighted by molar-refractivity contribution is 14.1. The lowest BCUT2D eigenvalue weighted by atomic mass is 9.93. The number of carbonyl (C=O) groups is 1. The maximum Gasteiger partial charge on any atom is 0.317 e. The molecule has 0 radical (unpaired) electrons. The lowest BCUT2D eigenvalue weighted by molar-refractivity contribution is 0.194. The molecule has 2 aliphatic rings. The molecule has 1 unspecified atom stereocenters. The summed E-state index contributed by atoms with van der Waals surface area (Å²) in [5, 5.41) is 14.8. The molecule has 2 N–H and O–H groups in total. The number of carbonyl (C=O) groups excluding carboxylic acids is 1. The van der Waals surface area contributed by atoms with Gasteiger partial charge in [0.05, 0.1) is 12.7 Å². The van der Waals surface area contributed by atoms with Crippen molar-refractivity contribution in [2.45, 2.75) is 30.0 Å². The van der Waals surface area contributed by atoms with Gasteiger partial charge in [-0.25, -0.2) is 9.18 Å². The Morgan fingerprint density at radius 2 is 2.16 bits per heavy atom. The third-order valence-corrected chi connectivity index (χ3v) is 6.96. The second kappa shape index (κ2) is 8.38. The lowest BCUT2D eigenvalue weighted by Crippen LogP contribution is -2.41. The molecule has 1 atom stereocenters. The summed E-state index contributed by atoms with van der Waals surface area (Å²) in [6.07, 6.45) is 6.34. The molecule has 2 amide bonds. The molecular weight excluding hydrogens is 524 g/mol. The topological polar surface area (TPSA) is 82.1 Å². The first-order valence-corrected chi connectivity index (χ1v) is 11.9. The van der Waals surface area contributed by atoms with Gasteiger partial charge in [0.1, 0.15) is 0 Å². The van der Waals surface area contributed by atoms with Crippen LogP contribution < -0.4 is 10.2 Å². The van der Waals surface area contributed by atoms with Crippen molar-refractivity contribution in [3.05, 3.63) is 46.9 Å². The second-order valence-corrected chi connectivity index (χ2v) is 9.35. The van der Waals surface area contributed by atoms with Crippen molar-refractivity contribution in [2.24, 2.45) is 7.05 Å². The second-order valence-electron chi connectivity index (χ2n) is 8.26. The van der Waals surface area contributed by atoms with Crippen LogP contribution in [0.4, 0.5) is 20.7 Å². The van der Waals surface area contributed by atoms with Crippen LogP contribution in [0.15, 0.2) is 24.5 Å². The van der Waals surface area contributed by atoms with Gasteiger partial charge in [-0.15, -0.1) is 0 Å². The van der Waals surface area contributed by atoms with E-state index in [0.717, 1.165) is 59.7 Å². The van der Waals surface area contributed by atoms with Gasteiger partial charge in [-0.1, -0.05) is 0 Å². The van der Waals surface area contributed by atoms with Gasteiger partial charge in [0, 0.05) is 67.9 Å². The van der Waals surface area contributed by atoms with Crippen molar-refractivity contribution in [3.8, 4) is 11.1 Å². The Morgan fingerprint density at radius 3 is 2.88 bits per heavy atom. The Morgan fingerprint density at radius 1 is 1.31 bits per heavy atom. The molecule has 0 saturated heterocycles. The first kappa shape index (κ1) is 21.2. The number of alkyl halides is 2. The number of aromatic nitrogens is 4. The molecular formula is C22H25FIN7O. The van der Waals surface area contributed by atoms with Gasteiger partial charge in [0.2, 0.25) is 0 Å². The van der Waals surface area contributed by atoms with Crippen molar-refractivity contribution in [3.63, 3.8) is 0 Å². The highest BCUT2D eigenvalue weighted by Gasteiger charge is 2.30. The van der Waals surface area contributed by atoms with Crippen molar-refractivity contribution in [2.75, 3.05) is 25.0 Å². The van der Waals surface area contributed by atoms with Crippen molar-refractivity contribution in [1.29, 1.82) is 0 Å². The van der Waals surface area contributed by atoms with E-state index in [0.29, 0.717) is 18.7 Å². The van der Waals surface area contributed by atoms with Crippen LogP contribution in [0.3, 0.4) is 0 Å². The van der Waals surface area contributed by atoms with Gasteiger partial charge in [-0.2, -0.15) is 10.2 Å². The van der Waals surface area contributed by atoms with Crippen LogP contribution >= 0.6 is 22.6 Å². The number of anilines is 2. The third kappa shape index (κ3) is 3.63. The minimum Gasteiger partial charge on any atom is -0.341 e. The Balaban J connectivity index is 1.57. The number of hydrogen-bond donors (Lipinski definition) is 2. The summed E-state index contributed by atoms with van der Waals surface area (Å²) in [5.74, 6) is 0.832. The molecule has 0 saturated carbocycles. The number of nitrogens with one attached hydrogen (secondary N) is 2. The fraction of sp³-hybridized carbons (Fsp3) is 0.409. The van der Waals surface area contributed by atoms with Crippen LogP contribution in [0.2, 0.25) is 0 Å². The highest BCUT2D eigenvalue weighted by atomic mass is 127. The number of amides is 2. The van der Waals surface area contributed by atoms with E-state index in [9.17, 15) is 9.18 Å². The number of benzene rings is 1. The van der Waals surface area contributed by atoms with Crippen LogP contribution in [0, 0.1) is 0 Å². The molecule has 0 spiro atoms. The van der Waals surface area contributed by atoms with Gasteiger partial charge in [0.25, 0.3) is 0 Å². The van der Waals surface area contributed by atoms with E-state index in [-0.39, 0.29) is 6.03 Å². The zero-order valence-corrected chi connectivity index (χ0v) is 20.2. The maximum absolute atomic E-state index is 14.7. The third-order valence-electron chi connectivity index (χ3n) is 6.29. The highest BCUT2D eigenvalue weighted by Crippen LogP contribution is 2.43. The summed E-state index contributed by atoms with van der Waals surface area (Å²) in [7, 11) is 3.51. The molecule has 3 aromatic rings. The molecule has 0 bridgehead atoms. The summed E-state index contributed by atoms with van der Waals surface area (Å²) >= 11 is 1.83. The smallest absolute Gasteiger partial charge is 0.317 e. The summed E-state index contributed by atoms with van der Waals surface area (Å²) in [5.41, 5.74) is 6.71. The predicted octanol–water partition coefficient (Wildman–Crippen LogP) is 4.00. The summed E-state index contributed by atoms with van der Waals surface area (Å²) < 4.78 is 15.3. The summed E-state index contributed by atoms with van der Waals surface area (Å²) in [6.45, 7) is 1.96. The van der Waals surface area contributed by atoms with Crippen molar-refractivity contribution < 1.29 is 9.18 Å². The number of urea groups is 1. The number of halogens is 2. The Kier molecular flexibility index (Phi) is 5.56. The number of H-pyrrole nitrogens is 1. The van der Waals surface area contributed by atoms with Crippen LogP contribution in [0.1, 0.15) is 33.0 Å². The Bertz CT molecular complexity index is 1170. The molecule has 0 aliphatic carbocycles. The zero-order valence-electron chi connectivity index (χ0n) is 18.0. The van der Waals surface area contributed by atoms with E-state index in [2.05, 4.69) is 31.6 Å². The largest absolute Gasteiger partial charge is 0.341 e. The van der Waals surface area contributed by atoms with E-state index in [1.54, 1.807) is 22.8 Å². The van der Waals surface area contributed by atoms with Crippen LogP contribution in [-0.2, 0) is 26.4 Å². The predicted molar refractivity (Wildman–Crippen MR) is 129 cm³/mol. The van der Waals surface area contributed by atoms with Gasteiger partial charge >= 0.3 is 6.03 Å². The van der Waals surface area contributed by atoms with Crippen LogP contribution in [-0.4, -0.2) is 51.0 Å². The van der Waals surface area contributed by atoms with E-state index in [4.69, 9.17) is 0 Å². The maximum atomic E-state index is 14.7. The monoisotopic (exact) mass is 549 g/mol. The first-order chi connectivity index (χ1) is 15.5. The quantitative estimate of drug-likeness (QED) is 0.383. The van der Waals surface area contributed by atoms with Crippen molar-refractivity contribution in [1.82, 2.24) is 30.2 Å². The average molecular weight is 549 g/mol. The van der Waals surface area contributed by atoms with E-state index in [1.165, 1.54) is 5.56 Å². The molecule has 32 heavy (non-hydrogen) atoms. The molecule has 2 aromatic heterocycles.